The van der Waals surface area contributed by atoms with Crippen LogP contribution in [-0.2, 0) is 12.8 Å². The molecule has 0 aliphatic carbocycles. The molecule has 0 amide bonds. The molecular formula is C28H31FNO2+. The smallest absolute Gasteiger partial charge is 0.242 e. The van der Waals surface area contributed by atoms with Crippen LogP contribution in [0.3, 0.4) is 0 Å². The summed E-state index contributed by atoms with van der Waals surface area (Å²) in [5, 5.41) is 0. The van der Waals surface area contributed by atoms with Crippen LogP contribution < -0.4 is 9.47 Å². The molecule has 4 rings (SSSR count). The minimum absolute atomic E-state index is 0.0762. The molecule has 1 atom stereocenters. The van der Waals surface area contributed by atoms with Gasteiger partial charge in [-0.3, -0.25) is 0 Å². The zero-order valence-corrected chi connectivity index (χ0v) is 19.3. The highest BCUT2D eigenvalue weighted by molar-refractivity contribution is 6.12. The fourth-order valence-corrected chi connectivity index (χ4v) is 4.58. The van der Waals surface area contributed by atoms with E-state index >= 15 is 0 Å². The van der Waals surface area contributed by atoms with Crippen LogP contribution in [0.1, 0.15) is 48.9 Å². The molecule has 3 aromatic carbocycles. The molecule has 1 heterocycles. The quantitative estimate of drug-likeness (QED) is 0.408. The molecule has 166 valence electrons. The summed E-state index contributed by atoms with van der Waals surface area (Å²) < 4.78 is 28.3. The van der Waals surface area contributed by atoms with Gasteiger partial charge in [0.1, 0.15) is 0 Å². The molecule has 1 unspecified atom stereocenters. The first-order chi connectivity index (χ1) is 15.6. The molecule has 4 heteroatoms. The molecule has 0 N–H and O–H groups in total. The number of ether oxygens (including phenoxy) is 2. The van der Waals surface area contributed by atoms with E-state index in [1.807, 2.05) is 18.2 Å². The van der Waals surface area contributed by atoms with Gasteiger partial charge < -0.3 is 9.47 Å². The van der Waals surface area contributed by atoms with E-state index in [2.05, 4.69) is 48.8 Å². The molecule has 3 nitrogen and oxygen atoms in total. The summed E-state index contributed by atoms with van der Waals surface area (Å²) in [5.74, 6) is 1.17. The maximum absolute atomic E-state index is 15.0. The average molecular weight is 433 g/mol. The Morgan fingerprint density at radius 2 is 1.66 bits per heavy atom. The van der Waals surface area contributed by atoms with Crippen LogP contribution in [0.4, 0.5) is 10.1 Å². The number of hydrogen-bond donors (Lipinski definition) is 0. The highest BCUT2D eigenvalue weighted by Gasteiger charge is 2.36. The van der Waals surface area contributed by atoms with Crippen LogP contribution in [-0.4, -0.2) is 30.5 Å². The lowest BCUT2D eigenvalue weighted by molar-refractivity contribution is -0.483. The van der Waals surface area contributed by atoms with E-state index < -0.39 is 0 Å². The summed E-state index contributed by atoms with van der Waals surface area (Å²) in [6.45, 7) is 4.35. The van der Waals surface area contributed by atoms with Crippen LogP contribution in [0.2, 0.25) is 0 Å². The first-order valence-corrected chi connectivity index (χ1v) is 11.3. The highest BCUT2D eigenvalue weighted by atomic mass is 19.1. The maximum atomic E-state index is 15.0. The molecular weight excluding hydrogens is 401 g/mol. The number of unbranched alkanes of at least 4 members (excludes halogenated alkanes) is 1. The zero-order chi connectivity index (χ0) is 22.7. The molecule has 0 radical (unpaired) electrons. The van der Waals surface area contributed by atoms with Gasteiger partial charge in [0, 0.05) is 18.1 Å². The van der Waals surface area contributed by atoms with E-state index in [4.69, 9.17) is 9.47 Å². The van der Waals surface area contributed by atoms with Crippen molar-refractivity contribution >= 4 is 11.4 Å². The summed E-state index contributed by atoms with van der Waals surface area (Å²) in [7, 11) is 3.30. The SMILES string of the molecule is CCCCc1ccc(C2=[N+](c3ccccc3F)C(C)Cc3cc(OC)c(OC)cc32)cc1. The minimum Gasteiger partial charge on any atom is -0.493 e. The molecule has 0 saturated heterocycles. The predicted octanol–water partition coefficient (Wildman–Crippen LogP) is 6.31. The number of halogens is 1. The summed E-state index contributed by atoms with van der Waals surface area (Å²) in [5.41, 5.74) is 6.19. The highest BCUT2D eigenvalue weighted by Crippen LogP contribution is 2.37. The Kier molecular flexibility index (Phi) is 6.59. The summed E-state index contributed by atoms with van der Waals surface area (Å²) in [6.07, 6.45) is 4.20. The van der Waals surface area contributed by atoms with Gasteiger partial charge in [-0.15, -0.1) is 0 Å². The Balaban J connectivity index is 1.96. The molecule has 0 aromatic heterocycles. The third-order valence-corrected chi connectivity index (χ3v) is 6.22. The van der Waals surface area contributed by atoms with Crippen molar-refractivity contribution in [1.82, 2.24) is 0 Å². The van der Waals surface area contributed by atoms with Crippen LogP contribution in [0, 0.1) is 5.82 Å². The number of methoxy groups -OCH3 is 2. The zero-order valence-electron chi connectivity index (χ0n) is 19.3. The third-order valence-electron chi connectivity index (χ3n) is 6.22. The van der Waals surface area contributed by atoms with Crippen LogP contribution in [0.5, 0.6) is 11.5 Å². The second kappa shape index (κ2) is 9.56. The van der Waals surface area contributed by atoms with Gasteiger partial charge in [-0.05, 0) is 61.2 Å². The van der Waals surface area contributed by atoms with E-state index in [-0.39, 0.29) is 11.9 Å². The standard InChI is InChI=1S/C28H31FNO2/c1-5-6-9-20-12-14-21(15-13-20)28-23-18-27(32-4)26(31-3)17-22(23)16-19(2)30(28)25-11-8-7-10-24(25)29/h7-8,10-15,17-19H,5-6,9,16H2,1-4H3/q+1. The van der Waals surface area contributed by atoms with Gasteiger partial charge in [-0.1, -0.05) is 37.6 Å². The van der Waals surface area contributed by atoms with Crippen LogP contribution in [0.15, 0.2) is 60.7 Å². The van der Waals surface area contributed by atoms with Gasteiger partial charge in [0.15, 0.2) is 23.4 Å². The van der Waals surface area contributed by atoms with Gasteiger partial charge >= 0.3 is 0 Å². The Morgan fingerprint density at radius 1 is 0.969 bits per heavy atom. The number of aryl methyl sites for hydroxylation is 1. The Hall–Kier alpha value is -3.14. The second-order valence-corrected chi connectivity index (χ2v) is 8.39. The molecule has 32 heavy (non-hydrogen) atoms. The molecule has 0 fully saturated rings. The van der Waals surface area contributed by atoms with Crippen molar-refractivity contribution < 1.29 is 18.4 Å². The molecule has 1 aliphatic heterocycles. The molecule has 3 aromatic rings. The lowest BCUT2D eigenvalue weighted by Crippen LogP contribution is -2.35. The monoisotopic (exact) mass is 432 g/mol. The van der Waals surface area contributed by atoms with Crippen molar-refractivity contribution in [3.63, 3.8) is 0 Å². The number of para-hydroxylation sites is 1. The Morgan fingerprint density at radius 3 is 2.31 bits per heavy atom. The van der Waals surface area contributed by atoms with Gasteiger partial charge in [0.2, 0.25) is 11.4 Å². The van der Waals surface area contributed by atoms with Crippen molar-refractivity contribution in [3.05, 3.63) is 88.7 Å². The van der Waals surface area contributed by atoms with Gasteiger partial charge in [0.05, 0.1) is 19.8 Å². The van der Waals surface area contributed by atoms with E-state index in [1.165, 1.54) is 30.0 Å². The van der Waals surface area contributed by atoms with Gasteiger partial charge in [0.25, 0.3) is 0 Å². The lowest BCUT2D eigenvalue weighted by Gasteiger charge is -2.25. The summed E-state index contributed by atoms with van der Waals surface area (Å²) in [6, 6.07) is 19.9. The van der Waals surface area contributed by atoms with E-state index in [0.29, 0.717) is 17.2 Å². The Labute approximate surface area is 190 Å². The normalized spacial score (nSPS) is 15.5. The number of rotatable bonds is 7. The van der Waals surface area contributed by atoms with Crippen molar-refractivity contribution in [2.75, 3.05) is 14.2 Å². The second-order valence-electron chi connectivity index (χ2n) is 8.39. The van der Waals surface area contributed by atoms with Crippen LogP contribution >= 0.6 is 0 Å². The summed E-state index contributed by atoms with van der Waals surface area (Å²) in [4.78, 5) is 0. The molecule has 0 spiro atoms. The average Bonchev–Trinajstić information content (AvgIpc) is 2.82. The number of fused-ring (bicyclic) bond motifs is 1. The third kappa shape index (κ3) is 4.14. The first kappa shape index (κ1) is 22.1. The molecule has 0 saturated carbocycles. The van der Waals surface area contributed by atoms with Crippen LogP contribution in [0.25, 0.3) is 0 Å². The minimum atomic E-state index is -0.222. The van der Waals surface area contributed by atoms with E-state index in [0.717, 1.165) is 29.7 Å². The summed E-state index contributed by atoms with van der Waals surface area (Å²) >= 11 is 0. The number of benzene rings is 3. The fourth-order valence-electron chi connectivity index (χ4n) is 4.58. The number of nitrogens with zero attached hydrogens (tertiary/aromatic N) is 1. The van der Waals surface area contributed by atoms with E-state index in [9.17, 15) is 4.39 Å². The predicted molar refractivity (Wildman–Crippen MR) is 127 cm³/mol. The molecule has 1 aliphatic rings. The van der Waals surface area contributed by atoms with Crippen molar-refractivity contribution in [3.8, 4) is 11.5 Å². The number of hydrogen-bond acceptors (Lipinski definition) is 2. The molecule has 0 bridgehead atoms. The van der Waals surface area contributed by atoms with Gasteiger partial charge in [-0.25, -0.2) is 0 Å². The largest absolute Gasteiger partial charge is 0.493 e. The maximum Gasteiger partial charge on any atom is 0.242 e. The van der Waals surface area contributed by atoms with Crippen molar-refractivity contribution in [2.24, 2.45) is 0 Å². The fraction of sp³-hybridized carbons (Fsp3) is 0.321. The van der Waals surface area contributed by atoms with Crippen molar-refractivity contribution in [1.29, 1.82) is 0 Å². The van der Waals surface area contributed by atoms with Crippen molar-refractivity contribution in [2.45, 2.75) is 45.6 Å². The Bertz CT molecular complexity index is 1130. The topological polar surface area (TPSA) is 21.5 Å². The van der Waals surface area contributed by atoms with E-state index in [1.54, 1.807) is 20.3 Å². The van der Waals surface area contributed by atoms with Gasteiger partial charge in [-0.2, -0.15) is 8.97 Å². The first-order valence-electron chi connectivity index (χ1n) is 11.3. The lowest BCUT2D eigenvalue weighted by atomic mass is 9.88.